The molecule has 2 aromatic rings. The van der Waals surface area contributed by atoms with Crippen LogP contribution in [0.3, 0.4) is 0 Å². The molecule has 0 heterocycles. The molecule has 0 aliphatic heterocycles. The van der Waals surface area contributed by atoms with E-state index in [1.807, 2.05) is 24.3 Å². The Balaban J connectivity index is 1.81. The highest BCUT2D eigenvalue weighted by molar-refractivity contribution is 14.1. The summed E-state index contributed by atoms with van der Waals surface area (Å²) in [7, 11) is 0. The zero-order valence-corrected chi connectivity index (χ0v) is 14.4. The predicted octanol–water partition coefficient (Wildman–Crippen LogP) is 4.27. The summed E-state index contributed by atoms with van der Waals surface area (Å²) in [6, 6.07) is 14.0. The Morgan fingerprint density at radius 3 is 2.67 bits per heavy atom. The molecule has 0 spiro atoms. The molecule has 0 unspecified atom stereocenters. The average Bonchev–Trinajstić information content (AvgIpc) is 2.41. The first-order chi connectivity index (χ1) is 10.0. The van der Waals surface area contributed by atoms with Crippen molar-refractivity contribution < 1.29 is 4.79 Å². The molecule has 0 aliphatic carbocycles. The summed E-state index contributed by atoms with van der Waals surface area (Å²) >= 11 is 2.22. The van der Waals surface area contributed by atoms with Crippen molar-refractivity contribution in [1.82, 2.24) is 5.32 Å². The van der Waals surface area contributed by atoms with E-state index in [4.69, 9.17) is 0 Å². The minimum atomic E-state index is -0.165. The number of hydrogen-bond acceptors (Lipinski definition) is 1. The number of aryl methyl sites for hydroxylation is 2. The fraction of sp³-hybridized carbons (Fsp3) is 0.235. The maximum Gasteiger partial charge on any atom is 0.319 e. The second kappa shape index (κ2) is 7.45. The summed E-state index contributed by atoms with van der Waals surface area (Å²) < 4.78 is 1.10. The highest BCUT2D eigenvalue weighted by Gasteiger charge is 2.03. The number of benzene rings is 2. The van der Waals surface area contributed by atoms with Crippen LogP contribution in [0.25, 0.3) is 0 Å². The molecule has 0 aliphatic rings. The van der Waals surface area contributed by atoms with Crippen LogP contribution in [0.5, 0.6) is 0 Å². The number of anilines is 1. The summed E-state index contributed by atoms with van der Waals surface area (Å²) in [6.45, 7) is 4.82. The summed E-state index contributed by atoms with van der Waals surface area (Å²) in [4.78, 5) is 11.8. The minimum absolute atomic E-state index is 0.165. The van der Waals surface area contributed by atoms with Gasteiger partial charge in [0, 0.05) is 15.8 Å². The Kier molecular flexibility index (Phi) is 5.61. The van der Waals surface area contributed by atoms with Crippen molar-refractivity contribution in [2.24, 2.45) is 0 Å². The predicted molar refractivity (Wildman–Crippen MR) is 95.8 cm³/mol. The molecule has 0 fully saturated rings. The van der Waals surface area contributed by atoms with Crippen molar-refractivity contribution in [3.63, 3.8) is 0 Å². The van der Waals surface area contributed by atoms with Crippen molar-refractivity contribution in [1.29, 1.82) is 0 Å². The number of rotatable bonds is 4. The standard InChI is InChI=1S/C17H19IN2O/c1-12-6-7-14(13(2)10-12)8-9-19-17(21)20-16-5-3-4-15(18)11-16/h3-7,10-11H,8-9H2,1-2H3,(H2,19,20,21). The first kappa shape index (κ1) is 15.8. The summed E-state index contributed by atoms with van der Waals surface area (Å²) in [5.41, 5.74) is 4.62. The third kappa shape index (κ3) is 5.04. The van der Waals surface area contributed by atoms with Gasteiger partial charge in [0.2, 0.25) is 0 Å². The molecule has 21 heavy (non-hydrogen) atoms. The Hall–Kier alpha value is -1.56. The van der Waals surface area contributed by atoms with Gasteiger partial charge in [-0.1, -0.05) is 29.8 Å². The lowest BCUT2D eigenvalue weighted by Crippen LogP contribution is -2.30. The largest absolute Gasteiger partial charge is 0.338 e. The van der Waals surface area contributed by atoms with Gasteiger partial charge in [-0.2, -0.15) is 0 Å². The van der Waals surface area contributed by atoms with Crippen LogP contribution in [0, 0.1) is 17.4 Å². The summed E-state index contributed by atoms with van der Waals surface area (Å²) in [5.74, 6) is 0. The highest BCUT2D eigenvalue weighted by Crippen LogP contribution is 2.12. The molecule has 4 heteroatoms. The van der Waals surface area contributed by atoms with E-state index < -0.39 is 0 Å². The molecule has 3 nitrogen and oxygen atoms in total. The molecule has 0 saturated carbocycles. The molecule has 2 N–H and O–H groups in total. The Morgan fingerprint density at radius 1 is 1.14 bits per heavy atom. The molecule has 0 saturated heterocycles. The van der Waals surface area contributed by atoms with Crippen LogP contribution in [0.2, 0.25) is 0 Å². The zero-order chi connectivity index (χ0) is 15.2. The Labute approximate surface area is 139 Å². The fourth-order valence-corrected chi connectivity index (χ4v) is 2.72. The molecule has 0 aromatic heterocycles. The molecule has 0 radical (unpaired) electrons. The maximum atomic E-state index is 11.8. The van der Waals surface area contributed by atoms with Crippen LogP contribution in [0.1, 0.15) is 16.7 Å². The van der Waals surface area contributed by atoms with Gasteiger partial charge in [0.25, 0.3) is 0 Å². The molecule has 0 atom stereocenters. The van der Waals surface area contributed by atoms with Gasteiger partial charge in [-0.3, -0.25) is 0 Å². The molecular formula is C17H19IN2O. The monoisotopic (exact) mass is 394 g/mol. The van der Waals surface area contributed by atoms with Gasteiger partial charge in [-0.15, -0.1) is 0 Å². The van der Waals surface area contributed by atoms with Gasteiger partial charge in [-0.05, 0) is 72.2 Å². The van der Waals surface area contributed by atoms with Crippen LogP contribution in [0.4, 0.5) is 10.5 Å². The normalized spacial score (nSPS) is 10.2. The smallest absolute Gasteiger partial charge is 0.319 e. The van der Waals surface area contributed by atoms with Crippen LogP contribution in [-0.2, 0) is 6.42 Å². The van der Waals surface area contributed by atoms with E-state index in [2.05, 4.69) is 65.3 Å². The molecule has 2 aromatic carbocycles. The lowest BCUT2D eigenvalue weighted by Gasteiger charge is -2.10. The molecular weight excluding hydrogens is 375 g/mol. The average molecular weight is 394 g/mol. The van der Waals surface area contributed by atoms with Crippen LogP contribution < -0.4 is 10.6 Å². The summed E-state index contributed by atoms with van der Waals surface area (Å²) in [5, 5.41) is 5.73. The number of halogens is 1. The van der Waals surface area contributed by atoms with Gasteiger partial charge in [-0.25, -0.2) is 4.79 Å². The van der Waals surface area contributed by atoms with E-state index in [0.717, 1.165) is 15.7 Å². The van der Waals surface area contributed by atoms with Gasteiger partial charge >= 0.3 is 6.03 Å². The topological polar surface area (TPSA) is 41.1 Å². The van der Waals surface area contributed by atoms with Gasteiger partial charge in [0.1, 0.15) is 0 Å². The number of carbonyl (C=O) groups excluding carboxylic acids is 1. The number of carbonyl (C=O) groups is 1. The van der Waals surface area contributed by atoms with E-state index >= 15 is 0 Å². The third-order valence-electron chi connectivity index (χ3n) is 3.26. The molecule has 0 bridgehead atoms. The van der Waals surface area contributed by atoms with Gasteiger partial charge < -0.3 is 10.6 Å². The van der Waals surface area contributed by atoms with E-state index in [0.29, 0.717) is 6.54 Å². The Morgan fingerprint density at radius 2 is 1.95 bits per heavy atom. The van der Waals surface area contributed by atoms with Crippen LogP contribution in [0.15, 0.2) is 42.5 Å². The fourth-order valence-electron chi connectivity index (χ4n) is 2.18. The Bertz CT molecular complexity index is 640. The van der Waals surface area contributed by atoms with Crippen molar-refractivity contribution >= 4 is 34.3 Å². The second-order valence-corrected chi connectivity index (χ2v) is 6.32. The van der Waals surface area contributed by atoms with Crippen molar-refractivity contribution in [2.75, 3.05) is 11.9 Å². The number of urea groups is 1. The number of hydrogen-bond donors (Lipinski definition) is 2. The number of amides is 2. The second-order valence-electron chi connectivity index (χ2n) is 5.07. The molecule has 2 rings (SSSR count). The van der Waals surface area contributed by atoms with Gasteiger partial charge in [0.05, 0.1) is 0 Å². The highest BCUT2D eigenvalue weighted by atomic mass is 127. The van der Waals surface area contributed by atoms with Crippen molar-refractivity contribution in [3.05, 3.63) is 62.7 Å². The number of nitrogens with one attached hydrogen (secondary N) is 2. The van der Waals surface area contributed by atoms with E-state index in [1.54, 1.807) is 0 Å². The maximum absolute atomic E-state index is 11.8. The van der Waals surface area contributed by atoms with E-state index in [9.17, 15) is 4.79 Å². The van der Waals surface area contributed by atoms with Crippen LogP contribution in [-0.4, -0.2) is 12.6 Å². The van der Waals surface area contributed by atoms with Crippen LogP contribution >= 0.6 is 22.6 Å². The first-order valence-corrected chi connectivity index (χ1v) is 7.99. The minimum Gasteiger partial charge on any atom is -0.338 e. The van der Waals surface area contributed by atoms with Crippen molar-refractivity contribution in [3.8, 4) is 0 Å². The third-order valence-corrected chi connectivity index (χ3v) is 3.93. The first-order valence-electron chi connectivity index (χ1n) is 6.91. The SMILES string of the molecule is Cc1ccc(CCNC(=O)Nc2cccc(I)c2)c(C)c1. The van der Waals surface area contributed by atoms with Gasteiger partial charge in [0.15, 0.2) is 0 Å². The molecule has 2 amide bonds. The van der Waals surface area contributed by atoms with E-state index in [-0.39, 0.29) is 6.03 Å². The van der Waals surface area contributed by atoms with Crippen molar-refractivity contribution in [2.45, 2.75) is 20.3 Å². The summed E-state index contributed by atoms with van der Waals surface area (Å²) in [6.07, 6.45) is 0.839. The van der Waals surface area contributed by atoms with E-state index in [1.165, 1.54) is 16.7 Å². The molecule has 110 valence electrons. The lowest BCUT2D eigenvalue weighted by atomic mass is 10.0. The lowest BCUT2D eigenvalue weighted by molar-refractivity contribution is 0.252. The quantitative estimate of drug-likeness (QED) is 0.748. The zero-order valence-electron chi connectivity index (χ0n) is 12.2.